The molecule has 0 aliphatic heterocycles. The van der Waals surface area contributed by atoms with Gasteiger partial charge in [-0.15, -0.1) is 0 Å². The highest BCUT2D eigenvalue weighted by Crippen LogP contribution is 2.06. The maximum Gasteiger partial charge on any atom is 0.272 e. The lowest BCUT2D eigenvalue weighted by Crippen LogP contribution is -2.29. The van der Waals surface area contributed by atoms with Crippen molar-refractivity contribution >= 4 is 11.7 Å². The van der Waals surface area contributed by atoms with E-state index in [9.17, 15) is 4.79 Å². The molecule has 0 unspecified atom stereocenters. The van der Waals surface area contributed by atoms with Crippen LogP contribution in [0.25, 0.3) is 0 Å². The Kier molecular flexibility index (Phi) is 4.28. The molecular formula is C12H19N3O. The molecule has 1 aromatic rings. The van der Waals surface area contributed by atoms with Gasteiger partial charge in [-0.05, 0) is 24.5 Å². The number of nitrogens with two attached hydrogens (primary N) is 1. The molecular weight excluding hydrogens is 202 g/mol. The number of carbonyl (C=O) groups excluding carboxylic acids is 1. The van der Waals surface area contributed by atoms with Gasteiger partial charge in [-0.2, -0.15) is 0 Å². The maximum atomic E-state index is 11.9. The van der Waals surface area contributed by atoms with E-state index in [0.29, 0.717) is 17.4 Å². The van der Waals surface area contributed by atoms with E-state index >= 15 is 0 Å². The lowest BCUT2D eigenvalue weighted by Gasteiger charge is -2.17. The van der Waals surface area contributed by atoms with Crippen LogP contribution in [0.3, 0.4) is 0 Å². The van der Waals surface area contributed by atoms with E-state index in [1.807, 2.05) is 0 Å². The van der Waals surface area contributed by atoms with Gasteiger partial charge in [-0.25, -0.2) is 4.98 Å². The average Bonchev–Trinajstić information content (AvgIpc) is 2.24. The Labute approximate surface area is 96.5 Å². The summed E-state index contributed by atoms with van der Waals surface area (Å²) in [5.74, 6) is 0.889. The number of nitrogens with zero attached hydrogens (tertiary/aromatic N) is 2. The molecule has 0 aromatic carbocycles. The molecule has 4 heteroatoms. The molecule has 2 N–H and O–H groups in total. The number of rotatable bonds is 4. The van der Waals surface area contributed by atoms with Crippen LogP contribution >= 0.6 is 0 Å². The summed E-state index contributed by atoms with van der Waals surface area (Å²) >= 11 is 0. The van der Waals surface area contributed by atoms with Gasteiger partial charge in [0.2, 0.25) is 0 Å². The molecule has 1 rings (SSSR count). The summed E-state index contributed by atoms with van der Waals surface area (Å²) in [6.45, 7) is 5.02. The summed E-state index contributed by atoms with van der Waals surface area (Å²) in [5.41, 5.74) is 5.95. The van der Waals surface area contributed by atoms with Gasteiger partial charge < -0.3 is 10.6 Å². The van der Waals surface area contributed by atoms with Crippen LogP contribution in [0.15, 0.2) is 18.2 Å². The quantitative estimate of drug-likeness (QED) is 0.843. The zero-order valence-electron chi connectivity index (χ0n) is 10.1. The second kappa shape index (κ2) is 5.49. The molecule has 0 saturated heterocycles. The summed E-state index contributed by atoms with van der Waals surface area (Å²) in [6, 6.07) is 5.10. The molecule has 0 aliphatic rings. The highest BCUT2D eigenvalue weighted by atomic mass is 16.2. The highest BCUT2D eigenvalue weighted by molar-refractivity contribution is 5.92. The molecule has 16 heavy (non-hydrogen) atoms. The third kappa shape index (κ3) is 3.53. The Morgan fingerprint density at radius 2 is 2.19 bits per heavy atom. The van der Waals surface area contributed by atoms with Crippen LogP contribution in [-0.4, -0.2) is 29.4 Å². The molecule has 0 bridgehead atoms. The third-order valence-electron chi connectivity index (χ3n) is 2.38. The number of aromatic nitrogens is 1. The molecule has 4 nitrogen and oxygen atoms in total. The Morgan fingerprint density at radius 3 is 2.75 bits per heavy atom. The number of nitrogen functional groups attached to an aromatic ring is 1. The Bertz CT molecular complexity index is 363. The molecule has 0 saturated carbocycles. The van der Waals surface area contributed by atoms with Crippen molar-refractivity contribution in [3.63, 3.8) is 0 Å². The monoisotopic (exact) mass is 221 g/mol. The zero-order chi connectivity index (χ0) is 12.1. The van der Waals surface area contributed by atoms with Crippen LogP contribution < -0.4 is 5.73 Å². The second-order valence-electron chi connectivity index (χ2n) is 4.36. The fourth-order valence-corrected chi connectivity index (χ4v) is 1.32. The fourth-order valence-electron chi connectivity index (χ4n) is 1.32. The number of hydrogen-bond donors (Lipinski definition) is 1. The number of amides is 1. The smallest absolute Gasteiger partial charge is 0.272 e. The SMILES string of the molecule is CC(C)CCN(C)C(=O)c1cccc(N)n1. The van der Waals surface area contributed by atoms with E-state index < -0.39 is 0 Å². The first kappa shape index (κ1) is 12.5. The van der Waals surface area contributed by atoms with E-state index in [-0.39, 0.29) is 5.91 Å². The molecule has 1 aromatic heterocycles. The number of hydrogen-bond acceptors (Lipinski definition) is 3. The predicted octanol–water partition coefficient (Wildman–Crippen LogP) is 1.78. The van der Waals surface area contributed by atoms with E-state index in [4.69, 9.17) is 5.73 Å². The first-order chi connectivity index (χ1) is 7.50. The van der Waals surface area contributed by atoms with Crippen LogP contribution in [-0.2, 0) is 0 Å². The Hall–Kier alpha value is -1.58. The zero-order valence-corrected chi connectivity index (χ0v) is 10.1. The van der Waals surface area contributed by atoms with Crippen molar-refractivity contribution in [3.8, 4) is 0 Å². The summed E-state index contributed by atoms with van der Waals surface area (Å²) < 4.78 is 0. The van der Waals surface area contributed by atoms with Crippen molar-refractivity contribution in [2.75, 3.05) is 19.3 Å². The number of anilines is 1. The summed E-state index contributed by atoms with van der Waals surface area (Å²) in [4.78, 5) is 17.6. The van der Waals surface area contributed by atoms with Crippen molar-refractivity contribution in [1.29, 1.82) is 0 Å². The van der Waals surface area contributed by atoms with Crippen molar-refractivity contribution < 1.29 is 4.79 Å². The van der Waals surface area contributed by atoms with Crippen LogP contribution in [0.4, 0.5) is 5.82 Å². The molecule has 88 valence electrons. The molecule has 0 aliphatic carbocycles. The van der Waals surface area contributed by atoms with Gasteiger partial charge in [0.1, 0.15) is 11.5 Å². The minimum absolute atomic E-state index is 0.0760. The van der Waals surface area contributed by atoms with Crippen LogP contribution in [0, 0.1) is 5.92 Å². The molecule has 0 radical (unpaired) electrons. The molecule has 0 spiro atoms. The van der Waals surface area contributed by atoms with E-state index in [1.54, 1.807) is 30.1 Å². The molecule has 1 heterocycles. The fraction of sp³-hybridized carbons (Fsp3) is 0.500. The van der Waals surface area contributed by atoms with Gasteiger partial charge >= 0.3 is 0 Å². The van der Waals surface area contributed by atoms with Gasteiger partial charge in [0.15, 0.2) is 0 Å². The first-order valence-corrected chi connectivity index (χ1v) is 5.48. The summed E-state index contributed by atoms with van der Waals surface area (Å²) in [5, 5.41) is 0. The summed E-state index contributed by atoms with van der Waals surface area (Å²) in [6.07, 6.45) is 0.991. The first-order valence-electron chi connectivity index (χ1n) is 5.48. The maximum absolute atomic E-state index is 11.9. The molecule has 0 fully saturated rings. The lowest BCUT2D eigenvalue weighted by atomic mass is 10.1. The minimum Gasteiger partial charge on any atom is -0.384 e. The topological polar surface area (TPSA) is 59.2 Å². The predicted molar refractivity (Wildman–Crippen MR) is 65.1 cm³/mol. The van der Waals surface area contributed by atoms with E-state index in [2.05, 4.69) is 18.8 Å². The van der Waals surface area contributed by atoms with Crippen molar-refractivity contribution in [3.05, 3.63) is 23.9 Å². The largest absolute Gasteiger partial charge is 0.384 e. The minimum atomic E-state index is -0.0760. The van der Waals surface area contributed by atoms with Crippen molar-refractivity contribution in [2.45, 2.75) is 20.3 Å². The average molecular weight is 221 g/mol. The summed E-state index contributed by atoms with van der Waals surface area (Å²) in [7, 11) is 1.79. The Balaban J connectivity index is 2.63. The van der Waals surface area contributed by atoms with Crippen LogP contribution in [0.1, 0.15) is 30.8 Å². The normalized spacial score (nSPS) is 10.5. The van der Waals surface area contributed by atoms with Gasteiger partial charge in [0.05, 0.1) is 0 Å². The van der Waals surface area contributed by atoms with Crippen LogP contribution in [0.2, 0.25) is 0 Å². The standard InChI is InChI=1S/C12H19N3O/c1-9(2)7-8-15(3)12(16)10-5-4-6-11(13)14-10/h4-6,9H,7-8H2,1-3H3,(H2,13,14). The second-order valence-corrected chi connectivity index (χ2v) is 4.36. The molecule has 0 atom stereocenters. The van der Waals surface area contributed by atoms with Gasteiger partial charge in [-0.3, -0.25) is 4.79 Å². The lowest BCUT2D eigenvalue weighted by molar-refractivity contribution is 0.0783. The van der Waals surface area contributed by atoms with Crippen molar-refractivity contribution in [2.24, 2.45) is 5.92 Å². The number of pyridine rings is 1. The van der Waals surface area contributed by atoms with Crippen molar-refractivity contribution in [1.82, 2.24) is 9.88 Å². The highest BCUT2D eigenvalue weighted by Gasteiger charge is 2.13. The Morgan fingerprint density at radius 1 is 1.50 bits per heavy atom. The van der Waals surface area contributed by atoms with E-state index in [1.165, 1.54) is 0 Å². The van der Waals surface area contributed by atoms with Gasteiger partial charge in [0, 0.05) is 13.6 Å². The van der Waals surface area contributed by atoms with Gasteiger partial charge in [0.25, 0.3) is 5.91 Å². The number of carbonyl (C=O) groups is 1. The van der Waals surface area contributed by atoms with Gasteiger partial charge in [-0.1, -0.05) is 19.9 Å². The third-order valence-corrected chi connectivity index (χ3v) is 2.38. The molecule has 1 amide bonds. The van der Waals surface area contributed by atoms with E-state index in [0.717, 1.165) is 13.0 Å². The van der Waals surface area contributed by atoms with Crippen LogP contribution in [0.5, 0.6) is 0 Å².